The summed E-state index contributed by atoms with van der Waals surface area (Å²) in [6, 6.07) is 0.622. The van der Waals surface area contributed by atoms with E-state index in [-0.39, 0.29) is 12.0 Å². The van der Waals surface area contributed by atoms with Gasteiger partial charge >= 0.3 is 6.01 Å². The minimum absolute atomic E-state index is 0.176. The lowest BCUT2D eigenvalue weighted by Crippen LogP contribution is -2.21. The van der Waals surface area contributed by atoms with E-state index in [0.717, 1.165) is 19.3 Å². The number of nitrogens with two attached hydrogens (primary N) is 1. The smallest absolute Gasteiger partial charge is 0.322 e. The third kappa shape index (κ3) is 4.73. The summed E-state index contributed by atoms with van der Waals surface area (Å²) in [4.78, 5) is 12.1. The van der Waals surface area contributed by atoms with Gasteiger partial charge < -0.3 is 15.8 Å². The number of rotatable bonds is 8. The van der Waals surface area contributed by atoms with E-state index in [1.165, 1.54) is 20.0 Å². The number of nitrogens with zero attached hydrogens (tertiary/aromatic N) is 3. The highest BCUT2D eigenvalue weighted by molar-refractivity contribution is 5.33. The predicted molar refractivity (Wildman–Crippen MR) is 72.6 cm³/mol. The van der Waals surface area contributed by atoms with Crippen molar-refractivity contribution in [3.05, 3.63) is 0 Å². The molecule has 0 saturated carbocycles. The van der Waals surface area contributed by atoms with Crippen molar-refractivity contribution < 1.29 is 4.74 Å². The Morgan fingerprint density at radius 3 is 2.56 bits per heavy atom. The molecular formula is C12H23N5O. The van der Waals surface area contributed by atoms with Gasteiger partial charge in [0.15, 0.2) is 0 Å². The molecule has 1 unspecified atom stereocenters. The van der Waals surface area contributed by atoms with Gasteiger partial charge in [0, 0.05) is 6.04 Å². The minimum Gasteiger partial charge on any atom is -0.467 e. The van der Waals surface area contributed by atoms with Gasteiger partial charge in [0.25, 0.3) is 0 Å². The predicted octanol–water partition coefficient (Wildman–Crippen LogP) is 2.23. The van der Waals surface area contributed by atoms with Gasteiger partial charge in [-0.1, -0.05) is 33.1 Å². The fourth-order valence-electron chi connectivity index (χ4n) is 1.80. The zero-order valence-electron chi connectivity index (χ0n) is 11.4. The maximum Gasteiger partial charge on any atom is 0.322 e. The first-order chi connectivity index (χ1) is 8.69. The molecule has 0 spiro atoms. The summed E-state index contributed by atoms with van der Waals surface area (Å²) in [6.45, 7) is 4.36. The van der Waals surface area contributed by atoms with Crippen LogP contribution in [0, 0.1) is 0 Å². The van der Waals surface area contributed by atoms with Crippen molar-refractivity contribution in [3.8, 4) is 6.01 Å². The fourth-order valence-corrected chi connectivity index (χ4v) is 1.80. The van der Waals surface area contributed by atoms with Gasteiger partial charge in [-0.25, -0.2) is 0 Å². The van der Waals surface area contributed by atoms with Crippen LogP contribution < -0.4 is 15.8 Å². The summed E-state index contributed by atoms with van der Waals surface area (Å²) < 4.78 is 4.98. The largest absolute Gasteiger partial charge is 0.467 e. The second kappa shape index (κ2) is 7.68. The van der Waals surface area contributed by atoms with E-state index < -0.39 is 0 Å². The molecule has 0 fully saturated rings. The minimum atomic E-state index is 0.176. The number of aromatic nitrogens is 3. The molecule has 1 aromatic heterocycles. The first-order valence-electron chi connectivity index (χ1n) is 6.51. The number of methoxy groups -OCH3 is 1. The molecule has 102 valence electrons. The third-order valence-electron chi connectivity index (χ3n) is 2.69. The van der Waals surface area contributed by atoms with Crippen molar-refractivity contribution in [1.29, 1.82) is 0 Å². The Morgan fingerprint density at radius 2 is 1.94 bits per heavy atom. The number of anilines is 2. The standard InChI is InChI=1S/C12H23N5O/c1-4-6-8-9(7-5-2)14-11-15-10(13)16-12(17-11)18-3/h9H,4-8H2,1-3H3,(H3,13,14,15,16,17). The number of hydrogen-bond donors (Lipinski definition) is 2. The van der Waals surface area contributed by atoms with Gasteiger partial charge in [-0.05, 0) is 12.8 Å². The average molecular weight is 253 g/mol. The molecule has 6 heteroatoms. The van der Waals surface area contributed by atoms with Crippen molar-refractivity contribution in [2.24, 2.45) is 0 Å². The van der Waals surface area contributed by atoms with E-state index in [0.29, 0.717) is 12.0 Å². The zero-order valence-corrected chi connectivity index (χ0v) is 11.4. The second-order valence-electron chi connectivity index (χ2n) is 4.28. The van der Waals surface area contributed by atoms with Gasteiger partial charge in [0.05, 0.1) is 7.11 Å². The fraction of sp³-hybridized carbons (Fsp3) is 0.750. The molecule has 0 aromatic carbocycles. The highest BCUT2D eigenvalue weighted by Crippen LogP contribution is 2.14. The molecule has 0 radical (unpaired) electrons. The lowest BCUT2D eigenvalue weighted by Gasteiger charge is -2.17. The number of ether oxygens (including phenoxy) is 1. The summed E-state index contributed by atoms with van der Waals surface area (Å²) in [6.07, 6.45) is 5.70. The Hall–Kier alpha value is -1.59. The quantitative estimate of drug-likeness (QED) is 0.739. The van der Waals surface area contributed by atoms with Gasteiger partial charge in [0.1, 0.15) is 0 Å². The van der Waals surface area contributed by atoms with E-state index in [1.54, 1.807) is 0 Å². The normalized spacial score (nSPS) is 12.2. The Morgan fingerprint density at radius 1 is 1.17 bits per heavy atom. The highest BCUT2D eigenvalue weighted by atomic mass is 16.5. The van der Waals surface area contributed by atoms with Crippen LogP contribution in [0.25, 0.3) is 0 Å². The molecule has 1 atom stereocenters. The molecule has 1 aromatic rings. The maximum absolute atomic E-state index is 5.60. The molecule has 0 aliphatic rings. The molecule has 0 amide bonds. The summed E-state index contributed by atoms with van der Waals surface area (Å²) in [5.74, 6) is 0.670. The van der Waals surface area contributed by atoms with Gasteiger partial charge in [-0.3, -0.25) is 0 Å². The van der Waals surface area contributed by atoms with Crippen molar-refractivity contribution in [1.82, 2.24) is 15.0 Å². The second-order valence-corrected chi connectivity index (χ2v) is 4.28. The van der Waals surface area contributed by atoms with Crippen LogP contribution in [-0.2, 0) is 0 Å². The third-order valence-corrected chi connectivity index (χ3v) is 2.69. The molecule has 1 heterocycles. The zero-order chi connectivity index (χ0) is 13.4. The molecular weight excluding hydrogens is 230 g/mol. The van der Waals surface area contributed by atoms with Crippen molar-refractivity contribution in [2.75, 3.05) is 18.2 Å². The van der Waals surface area contributed by atoms with Crippen LogP contribution in [-0.4, -0.2) is 28.1 Å². The molecule has 3 N–H and O–H groups in total. The van der Waals surface area contributed by atoms with E-state index in [2.05, 4.69) is 34.1 Å². The summed E-state index contributed by atoms with van der Waals surface area (Å²) >= 11 is 0. The molecule has 0 bridgehead atoms. The highest BCUT2D eigenvalue weighted by Gasteiger charge is 2.11. The first kappa shape index (κ1) is 14.5. The van der Waals surface area contributed by atoms with Gasteiger partial charge in [-0.2, -0.15) is 15.0 Å². The number of nitrogen functional groups attached to an aromatic ring is 1. The molecule has 6 nitrogen and oxygen atoms in total. The molecule has 0 aliphatic heterocycles. The molecule has 0 saturated heterocycles. The Labute approximate surface area is 108 Å². The number of nitrogens with one attached hydrogen (secondary N) is 1. The molecule has 0 aliphatic carbocycles. The number of hydrogen-bond acceptors (Lipinski definition) is 6. The van der Waals surface area contributed by atoms with E-state index >= 15 is 0 Å². The van der Waals surface area contributed by atoms with Crippen LogP contribution in [0.4, 0.5) is 11.9 Å². The SMILES string of the molecule is CCCCC(CCC)Nc1nc(N)nc(OC)n1. The summed E-state index contributed by atoms with van der Waals surface area (Å²) in [5, 5.41) is 3.31. The van der Waals surface area contributed by atoms with Crippen molar-refractivity contribution >= 4 is 11.9 Å². The number of unbranched alkanes of at least 4 members (excludes halogenated alkanes) is 1. The van der Waals surface area contributed by atoms with Crippen LogP contribution in [0.15, 0.2) is 0 Å². The monoisotopic (exact) mass is 253 g/mol. The lowest BCUT2D eigenvalue weighted by molar-refractivity contribution is 0.379. The van der Waals surface area contributed by atoms with Crippen LogP contribution in [0.5, 0.6) is 6.01 Å². The maximum atomic E-state index is 5.60. The van der Waals surface area contributed by atoms with Crippen LogP contribution in [0.1, 0.15) is 46.0 Å². The molecule has 18 heavy (non-hydrogen) atoms. The van der Waals surface area contributed by atoms with E-state index in [1.807, 2.05) is 0 Å². The summed E-state index contributed by atoms with van der Waals surface area (Å²) in [7, 11) is 1.51. The Kier molecular flexibility index (Phi) is 6.18. The Bertz CT molecular complexity index is 358. The van der Waals surface area contributed by atoms with Crippen LogP contribution >= 0.6 is 0 Å². The average Bonchev–Trinajstić information content (AvgIpc) is 2.35. The Balaban J connectivity index is 2.69. The van der Waals surface area contributed by atoms with Crippen molar-refractivity contribution in [3.63, 3.8) is 0 Å². The van der Waals surface area contributed by atoms with Crippen molar-refractivity contribution in [2.45, 2.75) is 52.0 Å². The molecule has 1 rings (SSSR count). The van der Waals surface area contributed by atoms with E-state index in [9.17, 15) is 0 Å². The summed E-state index contributed by atoms with van der Waals surface area (Å²) in [5.41, 5.74) is 5.60. The van der Waals surface area contributed by atoms with Crippen LogP contribution in [0.3, 0.4) is 0 Å². The van der Waals surface area contributed by atoms with Gasteiger partial charge in [0.2, 0.25) is 11.9 Å². The lowest BCUT2D eigenvalue weighted by atomic mass is 10.1. The first-order valence-corrected chi connectivity index (χ1v) is 6.51. The van der Waals surface area contributed by atoms with Crippen LogP contribution in [0.2, 0.25) is 0 Å². The van der Waals surface area contributed by atoms with E-state index in [4.69, 9.17) is 10.5 Å². The topological polar surface area (TPSA) is 86.0 Å². The van der Waals surface area contributed by atoms with Gasteiger partial charge in [-0.15, -0.1) is 0 Å².